The van der Waals surface area contributed by atoms with Crippen LogP contribution in [0.15, 0.2) is 36.8 Å². The van der Waals surface area contributed by atoms with E-state index >= 15 is 0 Å². The quantitative estimate of drug-likeness (QED) is 0.407. The molecule has 10 nitrogen and oxygen atoms in total. The molecule has 1 saturated heterocycles. The summed E-state index contributed by atoms with van der Waals surface area (Å²) in [4.78, 5) is 28.9. The number of carbonyl (C=O) groups is 1. The number of hydroxylamine groups is 2. The fourth-order valence-electron chi connectivity index (χ4n) is 4.41. The average molecular weight is 528 g/mol. The summed E-state index contributed by atoms with van der Waals surface area (Å²) < 4.78 is 24.1. The fourth-order valence-corrected chi connectivity index (χ4v) is 4.74. The van der Waals surface area contributed by atoms with Gasteiger partial charge in [0.25, 0.3) is 0 Å². The van der Waals surface area contributed by atoms with Crippen LogP contribution in [-0.4, -0.2) is 71.5 Å². The molecule has 1 aliphatic heterocycles. The van der Waals surface area contributed by atoms with Gasteiger partial charge in [0.15, 0.2) is 5.65 Å². The van der Waals surface area contributed by atoms with Crippen molar-refractivity contribution in [3.05, 3.63) is 42.4 Å². The number of fused-ring (bicyclic) bond motifs is 1. The summed E-state index contributed by atoms with van der Waals surface area (Å²) in [6.07, 6.45) is 5.67. The summed E-state index contributed by atoms with van der Waals surface area (Å²) in [6, 6.07) is 7.69. The first-order valence-electron chi connectivity index (χ1n) is 12.6. The van der Waals surface area contributed by atoms with E-state index in [1.54, 1.807) is 29.2 Å². The van der Waals surface area contributed by atoms with E-state index in [-0.39, 0.29) is 5.97 Å². The van der Waals surface area contributed by atoms with Crippen LogP contribution in [0.1, 0.15) is 46.1 Å². The molecule has 3 aromatic rings. The monoisotopic (exact) mass is 527 g/mol. The predicted octanol–water partition coefficient (Wildman–Crippen LogP) is 3.28. The van der Waals surface area contributed by atoms with Crippen molar-refractivity contribution in [2.24, 2.45) is 11.3 Å². The third-order valence-corrected chi connectivity index (χ3v) is 7.49. The summed E-state index contributed by atoms with van der Waals surface area (Å²) in [5.74, 6) is 1.07. The van der Waals surface area contributed by atoms with Crippen molar-refractivity contribution < 1.29 is 18.4 Å². The highest BCUT2D eigenvalue weighted by Gasteiger charge is 2.29. The van der Waals surface area contributed by atoms with Gasteiger partial charge in [-0.15, -0.1) is 5.06 Å². The second-order valence-corrected chi connectivity index (χ2v) is 12.1. The molecule has 3 heterocycles. The lowest BCUT2D eigenvalue weighted by atomic mass is 9.96. The zero-order valence-corrected chi connectivity index (χ0v) is 22.9. The van der Waals surface area contributed by atoms with E-state index in [1.165, 1.54) is 0 Å². The molecule has 0 spiro atoms. The van der Waals surface area contributed by atoms with Crippen molar-refractivity contribution in [1.82, 2.24) is 24.8 Å². The van der Waals surface area contributed by atoms with Crippen LogP contribution in [0.4, 0.5) is 5.82 Å². The lowest BCUT2D eigenvalue weighted by molar-refractivity contribution is -0.205. The number of aromatic nitrogens is 4. The van der Waals surface area contributed by atoms with E-state index < -0.39 is 21.7 Å². The van der Waals surface area contributed by atoms with Crippen LogP contribution in [0.3, 0.4) is 0 Å². The molecule has 1 aromatic carbocycles. The molecule has 0 amide bonds. The molecule has 1 aliphatic rings. The third kappa shape index (κ3) is 6.52. The number of anilines is 1. The van der Waals surface area contributed by atoms with Crippen molar-refractivity contribution in [3.63, 3.8) is 0 Å². The van der Waals surface area contributed by atoms with Crippen LogP contribution >= 0.6 is 0 Å². The Labute approximate surface area is 220 Å². The van der Waals surface area contributed by atoms with Gasteiger partial charge in [0.2, 0.25) is 0 Å². The normalized spacial score (nSPS) is 17.0. The fraction of sp³-hybridized carbons (Fsp3) is 0.538. The molecule has 2 aromatic heterocycles. The largest absolute Gasteiger partial charge is 0.772 e. The Morgan fingerprint density at radius 3 is 2.51 bits per heavy atom. The Morgan fingerprint density at radius 2 is 1.89 bits per heavy atom. The lowest BCUT2D eigenvalue weighted by Crippen LogP contribution is -2.41. The van der Waals surface area contributed by atoms with Crippen LogP contribution in [0, 0.1) is 11.3 Å². The molecule has 2 unspecified atom stereocenters. The highest BCUT2D eigenvalue weighted by atomic mass is 32.2. The van der Waals surface area contributed by atoms with E-state index in [9.17, 15) is 13.6 Å². The van der Waals surface area contributed by atoms with Crippen LogP contribution < -0.4 is 4.90 Å². The number of benzene rings is 1. The second kappa shape index (κ2) is 11.2. The Balaban J connectivity index is 1.41. The minimum Gasteiger partial charge on any atom is -0.772 e. The van der Waals surface area contributed by atoms with Gasteiger partial charge in [0.05, 0.1) is 22.7 Å². The Hall–Kier alpha value is -2.89. The van der Waals surface area contributed by atoms with Crippen LogP contribution in [0.2, 0.25) is 0 Å². The molecule has 2 atom stereocenters. The minimum atomic E-state index is -2.09. The van der Waals surface area contributed by atoms with Gasteiger partial charge in [-0.05, 0) is 63.6 Å². The first-order chi connectivity index (χ1) is 17.5. The smallest absolute Gasteiger partial charge is 0.330 e. The number of hydrogen-bond donors (Lipinski definition) is 0. The maximum absolute atomic E-state index is 12.2. The van der Waals surface area contributed by atoms with Crippen molar-refractivity contribution in [1.29, 1.82) is 0 Å². The predicted molar refractivity (Wildman–Crippen MR) is 142 cm³/mol. The molecule has 4 rings (SSSR count). The lowest BCUT2D eigenvalue weighted by Gasteiger charge is -2.34. The molecule has 37 heavy (non-hydrogen) atoms. The van der Waals surface area contributed by atoms with Gasteiger partial charge < -0.3 is 14.3 Å². The first-order valence-corrected chi connectivity index (χ1v) is 13.7. The number of piperidine rings is 1. The SMILES string of the molecule is CC(Cc1ccc(-n2ncc3c(N(C)CC4CCN(OC(=O)C(C)(C)C)CC4)ncnc32)cc1)S(=O)[O-]. The number of hydrogen-bond acceptors (Lipinski definition) is 9. The molecule has 1 fully saturated rings. The second-order valence-electron chi connectivity index (χ2n) is 10.8. The van der Waals surface area contributed by atoms with Gasteiger partial charge in [-0.3, -0.25) is 4.21 Å². The van der Waals surface area contributed by atoms with Crippen molar-refractivity contribution in [3.8, 4) is 5.69 Å². The molecule has 200 valence electrons. The van der Waals surface area contributed by atoms with E-state index in [2.05, 4.69) is 20.0 Å². The maximum atomic E-state index is 12.2. The standard InChI is InChI=1S/C26H36N6O4S/c1-18(37(34)35)14-19-6-8-21(9-7-19)32-24-22(15-29-32)23(27-17-28-24)30(5)16-20-10-12-31(13-11-20)36-25(33)26(2,3)4/h6-9,15,17-18,20H,10-14,16H2,1-5H3,(H,34,35)/p-1. The summed E-state index contributed by atoms with van der Waals surface area (Å²) in [6.45, 7) is 9.54. The van der Waals surface area contributed by atoms with Gasteiger partial charge in [0.1, 0.15) is 12.1 Å². The zero-order chi connectivity index (χ0) is 26.7. The molecule has 11 heteroatoms. The molecule has 0 bridgehead atoms. The van der Waals surface area contributed by atoms with E-state index in [0.29, 0.717) is 18.0 Å². The first kappa shape index (κ1) is 27.2. The van der Waals surface area contributed by atoms with Crippen LogP contribution in [0.5, 0.6) is 0 Å². The number of carbonyl (C=O) groups excluding carboxylic acids is 1. The molecule has 0 radical (unpaired) electrons. The maximum Gasteiger partial charge on any atom is 0.330 e. The van der Waals surface area contributed by atoms with Crippen LogP contribution in [-0.2, 0) is 27.1 Å². The average Bonchev–Trinajstić information content (AvgIpc) is 3.29. The van der Waals surface area contributed by atoms with E-state index in [1.807, 2.05) is 52.1 Å². The van der Waals surface area contributed by atoms with Gasteiger partial charge in [0, 0.05) is 31.9 Å². The van der Waals surface area contributed by atoms with Gasteiger partial charge in [-0.2, -0.15) is 5.10 Å². The number of nitrogens with zero attached hydrogens (tertiary/aromatic N) is 6. The third-order valence-electron chi connectivity index (χ3n) is 6.67. The molecule has 0 saturated carbocycles. The summed E-state index contributed by atoms with van der Waals surface area (Å²) >= 11 is -2.09. The summed E-state index contributed by atoms with van der Waals surface area (Å²) in [5, 5.41) is 6.77. The van der Waals surface area contributed by atoms with Crippen molar-refractivity contribution in [2.75, 3.05) is 31.6 Å². The molecule has 0 N–H and O–H groups in total. The minimum absolute atomic E-state index is 0.202. The summed E-state index contributed by atoms with van der Waals surface area (Å²) in [5.41, 5.74) is 1.99. The Kier molecular flexibility index (Phi) is 8.25. The molecule has 0 aliphatic carbocycles. The van der Waals surface area contributed by atoms with E-state index in [4.69, 9.17) is 4.84 Å². The Morgan fingerprint density at radius 1 is 1.22 bits per heavy atom. The summed E-state index contributed by atoms with van der Waals surface area (Å²) in [7, 11) is 2.03. The van der Waals surface area contributed by atoms with E-state index in [0.717, 1.165) is 54.9 Å². The van der Waals surface area contributed by atoms with Gasteiger partial charge in [-0.25, -0.2) is 19.4 Å². The van der Waals surface area contributed by atoms with Gasteiger partial charge in [-0.1, -0.05) is 30.1 Å². The Bertz CT molecular complexity index is 1250. The highest BCUT2D eigenvalue weighted by molar-refractivity contribution is 7.79. The number of rotatable bonds is 8. The highest BCUT2D eigenvalue weighted by Crippen LogP contribution is 2.27. The van der Waals surface area contributed by atoms with Crippen molar-refractivity contribution >= 4 is 33.9 Å². The zero-order valence-electron chi connectivity index (χ0n) is 22.1. The molecular weight excluding hydrogens is 492 g/mol. The molecular formula is C26H35N6O4S-. The van der Waals surface area contributed by atoms with Crippen molar-refractivity contribution in [2.45, 2.75) is 52.2 Å². The van der Waals surface area contributed by atoms with Gasteiger partial charge >= 0.3 is 5.97 Å². The van der Waals surface area contributed by atoms with Crippen LogP contribution in [0.25, 0.3) is 16.7 Å². The topological polar surface area (TPSA) is 117 Å².